The first kappa shape index (κ1) is 20.4. The third-order valence-corrected chi connectivity index (χ3v) is 5.48. The number of aromatic nitrogens is 3. The molecule has 0 aliphatic carbocycles. The second-order valence-corrected chi connectivity index (χ2v) is 7.84. The van der Waals surface area contributed by atoms with E-state index in [0.29, 0.717) is 17.7 Å². The minimum absolute atomic E-state index is 0.0454. The summed E-state index contributed by atoms with van der Waals surface area (Å²) in [5.74, 6) is 0.754. The second-order valence-electron chi connectivity index (χ2n) is 6.91. The van der Waals surface area contributed by atoms with Crippen LogP contribution in [0.3, 0.4) is 0 Å². The highest BCUT2D eigenvalue weighted by molar-refractivity contribution is 7.99. The quantitative estimate of drug-likeness (QED) is 0.406. The van der Waals surface area contributed by atoms with E-state index < -0.39 is 0 Å². The Morgan fingerprint density at radius 1 is 1.21 bits per heavy atom. The first-order valence-corrected chi connectivity index (χ1v) is 10.1. The summed E-state index contributed by atoms with van der Waals surface area (Å²) in [6.07, 6.45) is 0. The van der Waals surface area contributed by atoms with Crippen LogP contribution in [-0.2, 0) is 4.74 Å². The Kier molecular flexibility index (Phi) is 6.36. The van der Waals surface area contributed by atoms with Crippen LogP contribution >= 0.6 is 11.8 Å². The Hall–Kier alpha value is -2.38. The van der Waals surface area contributed by atoms with Gasteiger partial charge in [-0.25, -0.2) is 0 Å². The molecular weight excluding hydrogens is 374 g/mol. The highest BCUT2D eigenvalue weighted by Gasteiger charge is 2.20. The fraction of sp³-hybridized carbons (Fsp3) is 0.381. The van der Waals surface area contributed by atoms with Gasteiger partial charge in [-0.15, -0.1) is 10.2 Å². The molecule has 28 heavy (non-hydrogen) atoms. The molecule has 3 aromatic rings. The number of hydrogen-bond acceptors (Lipinski definition) is 6. The first-order valence-electron chi connectivity index (χ1n) is 9.14. The average Bonchev–Trinajstić information content (AvgIpc) is 3.25. The van der Waals surface area contributed by atoms with Crippen LogP contribution < -0.4 is 0 Å². The molecule has 0 fully saturated rings. The van der Waals surface area contributed by atoms with Crippen molar-refractivity contribution in [2.75, 3.05) is 19.5 Å². The molecular formula is C21H25N3O3S. The second kappa shape index (κ2) is 8.75. The van der Waals surface area contributed by atoms with Gasteiger partial charge in [-0.3, -0.25) is 4.79 Å². The average molecular weight is 400 g/mol. The van der Waals surface area contributed by atoms with Crippen LogP contribution in [0.15, 0.2) is 40.0 Å². The predicted molar refractivity (Wildman–Crippen MR) is 110 cm³/mol. The maximum absolute atomic E-state index is 12.7. The molecule has 1 aromatic carbocycles. The molecule has 0 saturated carbocycles. The van der Waals surface area contributed by atoms with E-state index in [9.17, 15) is 4.79 Å². The van der Waals surface area contributed by atoms with Gasteiger partial charge in [0.1, 0.15) is 0 Å². The van der Waals surface area contributed by atoms with Gasteiger partial charge in [-0.1, -0.05) is 29.5 Å². The molecule has 2 aromatic heterocycles. The normalized spacial score (nSPS) is 12.3. The summed E-state index contributed by atoms with van der Waals surface area (Å²) in [4.78, 5) is 12.7. The van der Waals surface area contributed by atoms with Crippen LogP contribution in [0.5, 0.6) is 0 Å². The van der Waals surface area contributed by atoms with Crippen molar-refractivity contribution in [1.82, 2.24) is 14.8 Å². The molecule has 0 spiro atoms. The van der Waals surface area contributed by atoms with Gasteiger partial charge >= 0.3 is 0 Å². The van der Waals surface area contributed by atoms with E-state index in [1.165, 1.54) is 17.3 Å². The smallest absolute Gasteiger partial charge is 0.277 e. The van der Waals surface area contributed by atoms with E-state index in [1.54, 1.807) is 7.11 Å². The zero-order chi connectivity index (χ0) is 20.3. The van der Waals surface area contributed by atoms with Crippen LogP contribution in [0.4, 0.5) is 0 Å². The topological polar surface area (TPSA) is 70.2 Å². The van der Waals surface area contributed by atoms with E-state index in [4.69, 9.17) is 9.15 Å². The summed E-state index contributed by atoms with van der Waals surface area (Å²) in [7, 11) is 1.68. The zero-order valence-corrected chi connectivity index (χ0v) is 17.7. The molecule has 0 saturated heterocycles. The molecule has 148 valence electrons. The van der Waals surface area contributed by atoms with Gasteiger partial charge in [0.05, 0.1) is 18.4 Å². The number of carbonyl (C=O) groups excluding carboxylic acids is 1. The lowest BCUT2D eigenvalue weighted by Crippen LogP contribution is -2.14. The Balaban J connectivity index is 1.68. The van der Waals surface area contributed by atoms with Crippen molar-refractivity contribution < 1.29 is 13.9 Å². The Labute approximate surface area is 169 Å². The molecule has 6 nitrogen and oxygen atoms in total. The summed E-state index contributed by atoms with van der Waals surface area (Å²) in [5, 5.41) is 8.52. The zero-order valence-electron chi connectivity index (χ0n) is 16.9. The Morgan fingerprint density at radius 2 is 1.93 bits per heavy atom. The fourth-order valence-corrected chi connectivity index (χ4v) is 3.99. The SMILES string of the molecule is COC[C@@H](C)n1c(C)cc(C(=O)CSc2nnc(-c3ccc(C)cc3)o2)c1C. The number of hydrogen-bond donors (Lipinski definition) is 0. The Morgan fingerprint density at radius 3 is 2.61 bits per heavy atom. The molecule has 3 rings (SSSR count). The van der Waals surface area contributed by atoms with Crippen molar-refractivity contribution in [3.8, 4) is 11.5 Å². The minimum atomic E-state index is 0.0454. The lowest BCUT2D eigenvalue weighted by molar-refractivity contribution is 0.102. The minimum Gasteiger partial charge on any atom is -0.411 e. The van der Waals surface area contributed by atoms with E-state index in [2.05, 4.69) is 21.7 Å². The summed E-state index contributed by atoms with van der Waals surface area (Å²) in [6.45, 7) is 8.69. The number of methoxy groups -OCH3 is 1. The third-order valence-electron chi connectivity index (χ3n) is 4.67. The van der Waals surface area contributed by atoms with Crippen molar-refractivity contribution in [2.45, 2.75) is 39.0 Å². The van der Waals surface area contributed by atoms with Crippen LogP contribution in [0.2, 0.25) is 0 Å². The maximum atomic E-state index is 12.7. The molecule has 0 aliphatic heterocycles. The summed E-state index contributed by atoms with van der Waals surface area (Å²) >= 11 is 1.26. The van der Waals surface area contributed by atoms with Crippen LogP contribution in [-0.4, -0.2) is 40.0 Å². The number of aryl methyl sites for hydroxylation is 2. The van der Waals surface area contributed by atoms with Gasteiger partial charge in [0.25, 0.3) is 5.22 Å². The molecule has 0 unspecified atom stereocenters. The summed E-state index contributed by atoms with van der Waals surface area (Å²) in [5.41, 5.74) is 4.77. The van der Waals surface area contributed by atoms with E-state index in [-0.39, 0.29) is 17.6 Å². The lowest BCUT2D eigenvalue weighted by Gasteiger charge is -2.17. The van der Waals surface area contributed by atoms with E-state index in [0.717, 1.165) is 22.5 Å². The van der Waals surface area contributed by atoms with Gasteiger partial charge in [-0.05, 0) is 45.9 Å². The third kappa shape index (κ3) is 4.36. The predicted octanol–water partition coefficient (Wildman–Crippen LogP) is 4.65. The van der Waals surface area contributed by atoms with E-state index in [1.807, 2.05) is 51.1 Å². The van der Waals surface area contributed by atoms with Crippen LogP contribution in [0, 0.1) is 20.8 Å². The van der Waals surface area contributed by atoms with Crippen molar-refractivity contribution in [3.63, 3.8) is 0 Å². The number of Topliss-reactive ketones (excluding diaryl/α,β-unsaturated/α-hetero) is 1. The number of ether oxygens (including phenoxy) is 1. The molecule has 7 heteroatoms. The standard InChI is InChI=1S/C21H25N3O3S/c1-13-6-8-17(9-7-13)20-22-23-21(27-20)28-12-19(25)18-10-14(2)24(16(18)4)15(3)11-26-5/h6-10,15H,11-12H2,1-5H3/t15-/m1/s1. The van der Waals surface area contributed by atoms with Crippen molar-refractivity contribution in [2.24, 2.45) is 0 Å². The summed E-state index contributed by atoms with van der Waals surface area (Å²) < 4.78 is 13.1. The summed E-state index contributed by atoms with van der Waals surface area (Å²) in [6, 6.07) is 9.99. The monoisotopic (exact) mass is 399 g/mol. The van der Waals surface area contributed by atoms with Gasteiger partial charge in [0.15, 0.2) is 5.78 Å². The number of rotatable bonds is 8. The molecule has 0 amide bonds. The van der Waals surface area contributed by atoms with Gasteiger partial charge in [0.2, 0.25) is 5.89 Å². The highest BCUT2D eigenvalue weighted by atomic mass is 32.2. The lowest BCUT2D eigenvalue weighted by atomic mass is 10.1. The van der Waals surface area contributed by atoms with E-state index >= 15 is 0 Å². The number of benzene rings is 1. The molecule has 1 atom stereocenters. The van der Waals surface area contributed by atoms with Gasteiger partial charge < -0.3 is 13.7 Å². The first-order chi connectivity index (χ1) is 13.4. The van der Waals surface area contributed by atoms with Crippen LogP contribution in [0.25, 0.3) is 11.5 Å². The fourth-order valence-electron chi connectivity index (χ4n) is 3.34. The van der Waals surface area contributed by atoms with Crippen LogP contribution in [0.1, 0.15) is 40.3 Å². The molecule has 0 aliphatic rings. The largest absolute Gasteiger partial charge is 0.411 e. The molecule has 0 N–H and O–H groups in total. The molecule has 0 radical (unpaired) electrons. The van der Waals surface area contributed by atoms with Crippen molar-refractivity contribution in [1.29, 1.82) is 0 Å². The molecule has 2 heterocycles. The number of thioether (sulfide) groups is 1. The van der Waals surface area contributed by atoms with Crippen molar-refractivity contribution in [3.05, 3.63) is 52.8 Å². The Bertz CT molecular complexity index is 960. The molecule has 0 bridgehead atoms. The maximum Gasteiger partial charge on any atom is 0.277 e. The van der Waals surface area contributed by atoms with Gasteiger partial charge in [-0.2, -0.15) is 0 Å². The number of carbonyl (C=O) groups is 1. The number of nitrogens with zero attached hydrogens (tertiary/aromatic N) is 3. The van der Waals surface area contributed by atoms with Crippen molar-refractivity contribution >= 4 is 17.5 Å². The number of ketones is 1. The highest BCUT2D eigenvalue weighted by Crippen LogP contribution is 2.26. The van der Waals surface area contributed by atoms with Gasteiger partial charge in [0, 0.05) is 29.6 Å².